The third-order valence-corrected chi connectivity index (χ3v) is 4.13. The van der Waals surface area contributed by atoms with Crippen LogP contribution in [0.2, 0.25) is 0 Å². The summed E-state index contributed by atoms with van der Waals surface area (Å²) in [5, 5.41) is 8.74. The maximum absolute atomic E-state index is 10.7. The van der Waals surface area contributed by atoms with Crippen LogP contribution in [0.5, 0.6) is 0 Å². The van der Waals surface area contributed by atoms with E-state index in [1.54, 1.807) is 6.07 Å². The average molecular weight is 286 g/mol. The van der Waals surface area contributed by atoms with E-state index < -0.39 is 10.0 Å². The highest BCUT2D eigenvalue weighted by molar-refractivity contribution is 7.89. The van der Waals surface area contributed by atoms with Gasteiger partial charge in [-0.2, -0.15) is 0 Å². The van der Waals surface area contributed by atoms with Crippen LogP contribution in [0.3, 0.4) is 0 Å². The quantitative estimate of drug-likeness (QED) is 0.560. The molecule has 0 saturated carbocycles. The number of hydrogen-bond donors (Lipinski definition) is 3. The minimum atomic E-state index is -3.38. The Bertz CT molecular complexity index is 651. The van der Waals surface area contributed by atoms with Crippen LogP contribution in [0.25, 0.3) is 10.2 Å². The molecule has 2 rings (SSSR count). The van der Waals surface area contributed by atoms with E-state index in [0.29, 0.717) is 18.7 Å². The summed E-state index contributed by atoms with van der Waals surface area (Å²) in [7, 11) is -3.38. The van der Waals surface area contributed by atoms with Gasteiger partial charge in [-0.25, -0.2) is 18.5 Å². The summed E-state index contributed by atoms with van der Waals surface area (Å²) in [5.74, 6) is -0.0299. The summed E-state index contributed by atoms with van der Waals surface area (Å²) in [4.78, 5) is 4.36. The van der Waals surface area contributed by atoms with Crippen LogP contribution >= 0.6 is 11.3 Å². The van der Waals surface area contributed by atoms with Gasteiger partial charge in [0, 0.05) is 12.2 Å². The Balaban J connectivity index is 1.96. The molecule has 0 saturated heterocycles. The monoisotopic (exact) mass is 286 g/mol. The third kappa shape index (κ3) is 3.56. The molecular weight excluding hydrogens is 272 g/mol. The van der Waals surface area contributed by atoms with Crippen molar-refractivity contribution in [3.05, 3.63) is 18.2 Å². The van der Waals surface area contributed by atoms with Gasteiger partial charge in [0.15, 0.2) is 5.13 Å². The van der Waals surface area contributed by atoms with Crippen LogP contribution in [0.4, 0.5) is 10.8 Å². The first-order valence-electron chi connectivity index (χ1n) is 5.34. The van der Waals surface area contributed by atoms with E-state index in [1.165, 1.54) is 11.3 Å². The highest BCUT2D eigenvalue weighted by Gasteiger charge is 2.05. The first-order valence-corrected chi connectivity index (χ1v) is 7.88. The molecule has 0 amide bonds. The number of fused-ring (bicyclic) bond motifs is 1. The lowest BCUT2D eigenvalue weighted by atomic mass is 10.3. The molecule has 0 aliphatic heterocycles. The molecule has 0 aliphatic rings. The molecule has 18 heavy (non-hydrogen) atoms. The first-order chi connectivity index (χ1) is 8.44. The van der Waals surface area contributed by atoms with Gasteiger partial charge in [0.2, 0.25) is 10.0 Å². The molecule has 8 heteroatoms. The van der Waals surface area contributed by atoms with Gasteiger partial charge in [-0.1, -0.05) is 11.3 Å². The molecular formula is C10H14N4O2S2. The van der Waals surface area contributed by atoms with Crippen molar-refractivity contribution >= 4 is 42.4 Å². The Kier molecular flexibility index (Phi) is 3.69. The molecule has 0 bridgehead atoms. The number of hydrogen-bond acceptors (Lipinski definition) is 6. The summed E-state index contributed by atoms with van der Waals surface area (Å²) in [5.41, 5.74) is 7.26. The summed E-state index contributed by atoms with van der Waals surface area (Å²) >= 11 is 1.49. The Morgan fingerprint density at radius 2 is 2.17 bits per heavy atom. The molecule has 0 atom stereocenters. The first kappa shape index (κ1) is 13.1. The number of primary sulfonamides is 1. The second kappa shape index (κ2) is 5.09. The van der Waals surface area contributed by atoms with E-state index >= 15 is 0 Å². The standard InChI is InChI=1S/C10H14N4O2S2/c11-7-2-3-8-9(6-7)17-10(14-8)13-4-1-5-18(12,15)16/h2-3,6H,1,4-5,11H2,(H,13,14)(H2,12,15,16). The zero-order chi connectivity index (χ0) is 13.2. The van der Waals surface area contributed by atoms with Crippen molar-refractivity contribution < 1.29 is 8.42 Å². The Labute approximate surface area is 109 Å². The molecule has 1 aromatic carbocycles. The van der Waals surface area contributed by atoms with Crippen molar-refractivity contribution in [1.82, 2.24) is 4.98 Å². The summed E-state index contributed by atoms with van der Waals surface area (Å²) in [6, 6.07) is 5.52. The smallest absolute Gasteiger partial charge is 0.209 e. The molecule has 0 radical (unpaired) electrons. The maximum atomic E-state index is 10.7. The molecule has 5 N–H and O–H groups in total. The highest BCUT2D eigenvalue weighted by atomic mass is 32.2. The number of thiazole rings is 1. The fraction of sp³-hybridized carbons (Fsp3) is 0.300. The van der Waals surface area contributed by atoms with Gasteiger partial charge >= 0.3 is 0 Å². The number of nitrogens with one attached hydrogen (secondary N) is 1. The van der Waals surface area contributed by atoms with Crippen LogP contribution in [-0.4, -0.2) is 25.7 Å². The van der Waals surface area contributed by atoms with Crippen molar-refractivity contribution in [1.29, 1.82) is 0 Å². The molecule has 1 aromatic heterocycles. The lowest BCUT2D eigenvalue weighted by Crippen LogP contribution is -2.18. The van der Waals surface area contributed by atoms with Gasteiger partial charge in [-0.05, 0) is 24.6 Å². The Morgan fingerprint density at radius 1 is 1.39 bits per heavy atom. The van der Waals surface area contributed by atoms with Crippen LogP contribution in [-0.2, 0) is 10.0 Å². The van der Waals surface area contributed by atoms with Crippen molar-refractivity contribution in [2.45, 2.75) is 6.42 Å². The molecule has 0 aliphatic carbocycles. The van der Waals surface area contributed by atoms with Crippen LogP contribution in [0.1, 0.15) is 6.42 Å². The number of nitrogens with zero attached hydrogens (tertiary/aromatic N) is 1. The molecule has 6 nitrogen and oxygen atoms in total. The molecule has 98 valence electrons. The van der Waals surface area contributed by atoms with Gasteiger partial charge < -0.3 is 11.1 Å². The second-order valence-electron chi connectivity index (χ2n) is 3.89. The lowest BCUT2D eigenvalue weighted by molar-refractivity contribution is 0.596. The van der Waals surface area contributed by atoms with E-state index in [4.69, 9.17) is 10.9 Å². The van der Waals surface area contributed by atoms with E-state index in [-0.39, 0.29) is 5.75 Å². The number of nitrogens with two attached hydrogens (primary N) is 2. The van der Waals surface area contributed by atoms with Gasteiger partial charge in [0.05, 0.1) is 16.0 Å². The number of anilines is 2. The topological polar surface area (TPSA) is 111 Å². The third-order valence-electron chi connectivity index (χ3n) is 2.29. The molecule has 0 fully saturated rings. The van der Waals surface area contributed by atoms with Crippen molar-refractivity contribution in [2.24, 2.45) is 5.14 Å². The number of aromatic nitrogens is 1. The van der Waals surface area contributed by atoms with Gasteiger partial charge in [0.1, 0.15) is 0 Å². The molecule has 0 spiro atoms. The predicted octanol–water partition coefficient (Wildman–Crippen LogP) is 0.969. The van der Waals surface area contributed by atoms with Gasteiger partial charge in [-0.3, -0.25) is 0 Å². The number of nitrogen functional groups attached to an aromatic ring is 1. The maximum Gasteiger partial charge on any atom is 0.209 e. The van der Waals surface area contributed by atoms with E-state index in [9.17, 15) is 8.42 Å². The fourth-order valence-electron chi connectivity index (χ4n) is 1.49. The Morgan fingerprint density at radius 3 is 2.89 bits per heavy atom. The predicted molar refractivity (Wildman–Crippen MR) is 75.1 cm³/mol. The van der Waals surface area contributed by atoms with Crippen LogP contribution < -0.4 is 16.2 Å². The van der Waals surface area contributed by atoms with Gasteiger partial charge in [0.25, 0.3) is 0 Å². The Hall–Kier alpha value is -1.38. The number of benzene rings is 1. The summed E-state index contributed by atoms with van der Waals surface area (Å²) in [6.45, 7) is 0.520. The molecule has 2 aromatic rings. The van der Waals surface area contributed by atoms with Crippen LogP contribution in [0, 0.1) is 0 Å². The summed E-state index contributed by atoms with van der Waals surface area (Å²) in [6.07, 6.45) is 0.455. The SMILES string of the molecule is Nc1ccc2nc(NCCCS(N)(=O)=O)sc2c1. The number of sulfonamides is 1. The molecule has 1 heterocycles. The second-order valence-corrected chi connectivity index (χ2v) is 6.66. The number of rotatable bonds is 5. The van der Waals surface area contributed by atoms with E-state index in [1.807, 2.05) is 12.1 Å². The summed E-state index contributed by atoms with van der Waals surface area (Å²) < 4.78 is 22.5. The fourth-order valence-corrected chi connectivity index (χ4v) is 2.97. The molecule has 0 unspecified atom stereocenters. The largest absolute Gasteiger partial charge is 0.399 e. The van der Waals surface area contributed by atoms with Crippen molar-refractivity contribution in [2.75, 3.05) is 23.3 Å². The minimum Gasteiger partial charge on any atom is -0.399 e. The average Bonchev–Trinajstić information content (AvgIpc) is 2.65. The van der Waals surface area contributed by atoms with E-state index in [2.05, 4.69) is 10.3 Å². The minimum absolute atomic E-state index is 0.0299. The lowest BCUT2D eigenvalue weighted by Gasteiger charge is -2.00. The van der Waals surface area contributed by atoms with Crippen molar-refractivity contribution in [3.63, 3.8) is 0 Å². The van der Waals surface area contributed by atoms with Crippen molar-refractivity contribution in [3.8, 4) is 0 Å². The van der Waals surface area contributed by atoms with Gasteiger partial charge in [-0.15, -0.1) is 0 Å². The zero-order valence-corrected chi connectivity index (χ0v) is 11.2. The van der Waals surface area contributed by atoms with E-state index in [0.717, 1.165) is 15.3 Å². The zero-order valence-electron chi connectivity index (χ0n) is 9.59. The van der Waals surface area contributed by atoms with Crippen LogP contribution in [0.15, 0.2) is 18.2 Å². The normalized spacial score (nSPS) is 11.8. The highest BCUT2D eigenvalue weighted by Crippen LogP contribution is 2.27.